The Morgan fingerprint density at radius 3 is 2.65 bits per heavy atom. The van der Waals surface area contributed by atoms with E-state index in [0.29, 0.717) is 11.3 Å². The maximum atomic E-state index is 13.2. The van der Waals surface area contributed by atoms with Crippen molar-refractivity contribution in [3.63, 3.8) is 0 Å². The van der Waals surface area contributed by atoms with Gasteiger partial charge in [0.2, 0.25) is 0 Å². The van der Waals surface area contributed by atoms with Crippen LogP contribution in [-0.2, 0) is 16.8 Å². The van der Waals surface area contributed by atoms with Gasteiger partial charge in [0.25, 0.3) is 0 Å². The number of carbonyl (C=O) groups excluding carboxylic acids is 1. The van der Waals surface area contributed by atoms with Gasteiger partial charge in [0, 0.05) is 34.3 Å². The molecular weight excluding hydrogens is 387 g/mol. The van der Waals surface area contributed by atoms with Gasteiger partial charge in [-0.2, -0.15) is 13.2 Å². The Hall–Kier alpha value is -2.12. The largest absolute Gasteiger partial charge is 0.416 e. The average Bonchev–Trinajstić information content (AvgIpc) is 2.97. The third-order valence-electron chi connectivity index (χ3n) is 3.83. The number of benzene rings is 2. The molecule has 0 radical (unpaired) electrons. The lowest BCUT2D eigenvalue weighted by Crippen LogP contribution is -2.09. The van der Waals surface area contributed by atoms with Crippen molar-refractivity contribution in [2.45, 2.75) is 12.6 Å². The van der Waals surface area contributed by atoms with E-state index in [0.717, 1.165) is 29.0 Å². The summed E-state index contributed by atoms with van der Waals surface area (Å²) in [5.41, 5.74) is 1.06. The van der Waals surface area contributed by atoms with Crippen molar-refractivity contribution in [2.24, 2.45) is 0 Å². The lowest BCUT2D eigenvalue weighted by molar-refractivity contribution is -0.138. The summed E-state index contributed by atoms with van der Waals surface area (Å²) in [6, 6.07) is 10.4. The Kier molecular flexibility index (Phi) is 5.20. The summed E-state index contributed by atoms with van der Waals surface area (Å²) in [4.78, 5) is 14.9. The first-order chi connectivity index (χ1) is 12.3. The molecule has 0 atom stereocenters. The van der Waals surface area contributed by atoms with Crippen LogP contribution in [0, 0.1) is 0 Å². The molecule has 1 heterocycles. The Balaban J connectivity index is 1.94. The van der Waals surface area contributed by atoms with E-state index in [-0.39, 0.29) is 17.0 Å². The predicted molar refractivity (Wildman–Crippen MR) is 96.5 cm³/mol. The number of fused-ring (bicyclic) bond motifs is 1. The van der Waals surface area contributed by atoms with Gasteiger partial charge in [0.05, 0.1) is 23.2 Å². The summed E-state index contributed by atoms with van der Waals surface area (Å²) >= 11 is 6.66. The Morgan fingerprint density at radius 1 is 1.19 bits per heavy atom. The van der Waals surface area contributed by atoms with Crippen LogP contribution in [0.1, 0.15) is 27.2 Å². The Labute approximate surface area is 156 Å². The van der Waals surface area contributed by atoms with Gasteiger partial charge in [-0.1, -0.05) is 17.7 Å². The molecule has 0 unspecified atom stereocenters. The number of halogens is 4. The van der Waals surface area contributed by atoms with Crippen molar-refractivity contribution in [1.29, 1.82) is 0 Å². The number of carbonyl (C=O) groups is 1. The number of aromatic amines is 1. The molecule has 0 fully saturated rings. The predicted octanol–water partition coefficient (Wildman–Crippen LogP) is 5.87. The van der Waals surface area contributed by atoms with E-state index in [1.807, 2.05) is 0 Å². The zero-order valence-electron chi connectivity index (χ0n) is 13.5. The van der Waals surface area contributed by atoms with Crippen LogP contribution >= 0.6 is 23.6 Å². The van der Waals surface area contributed by atoms with Crippen molar-refractivity contribution in [3.05, 3.63) is 69.9 Å². The number of nitrogens with one attached hydrogen (secondary N) is 1. The van der Waals surface area contributed by atoms with Crippen LogP contribution in [0.25, 0.3) is 10.9 Å². The Morgan fingerprint density at radius 2 is 1.96 bits per heavy atom. The normalized spacial score (nSPS) is 11.7. The molecule has 3 nitrogen and oxygen atoms in total. The molecule has 0 aliphatic rings. The van der Waals surface area contributed by atoms with Gasteiger partial charge >= 0.3 is 12.1 Å². The van der Waals surface area contributed by atoms with E-state index in [4.69, 9.17) is 15.8 Å². The second kappa shape index (κ2) is 7.25. The summed E-state index contributed by atoms with van der Waals surface area (Å²) < 4.78 is 44.6. The molecule has 1 N–H and O–H groups in total. The highest BCUT2D eigenvalue weighted by Gasteiger charge is 2.33. The summed E-state index contributed by atoms with van der Waals surface area (Å²) in [7, 11) is 0. The van der Waals surface area contributed by atoms with Crippen LogP contribution < -0.4 is 0 Å². The fourth-order valence-corrected chi connectivity index (χ4v) is 3.13. The molecule has 2 aromatic carbocycles. The Bertz CT molecular complexity index is 969. The van der Waals surface area contributed by atoms with E-state index in [2.05, 4.69) is 4.98 Å². The molecule has 136 valence electrons. The zero-order chi connectivity index (χ0) is 18.9. The molecule has 3 rings (SSSR count). The van der Waals surface area contributed by atoms with Gasteiger partial charge < -0.3 is 9.17 Å². The standard InChI is InChI=1S/C18H13ClF3NO2S/c1-26-25-17(24)11-3-5-16-12(6-11)8-14(23-16)7-10-2-4-13(19)9-15(10)18(20,21)22/h2-6,8-9,23H,7H2,1H3. The summed E-state index contributed by atoms with van der Waals surface area (Å²) in [5, 5.41) is 0.757. The second-order valence-electron chi connectivity index (χ2n) is 5.61. The van der Waals surface area contributed by atoms with Crippen LogP contribution in [0.15, 0.2) is 42.5 Å². The summed E-state index contributed by atoms with van der Waals surface area (Å²) in [5.74, 6) is -0.473. The van der Waals surface area contributed by atoms with Crippen LogP contribution in [-0.4, -0.2) is 17.2 Å². The van der Waals surface area contributed by atoms with E-state index in [1.54, 1.807) is 30.5 Å². The monoisotopic (exact) mass is 399 g/mol. The highest BCUT2D eigenvalue weighted by atomic mass is 35.5. The van der Waals surface area contributed by atoms with Crippen molar-refractivity contribution >= 4 is 40.5 Å². The number of alkyl halides is 3. The van der Waals surface area contributed by atoms with Gasteiger partial charge in [-0.3, -0.25) is 0 Å². The minimum atomic E-state index is -4.49. The number of hydrogen-bond donors (Lipinski definition) is 1. The van der Waals surface area contributed by atoms with E-state index in [9.17, 15) is 18.0 Å². The van der Waals surface area contributed by atoms with Crippen molar-refractivity contribution < 1.29 is 22.1 Å². The molecule has 0 saturated carbocycles. The van der Waals surface area contributed by atoms with E-state index in [1.165, 1.54) is 12.1 Å². The van der Waals surface area contributed by atoms with Crippen LogP contribution in [0.2, 0.25) is 5.02 Å². The third-order valence-corrected chi connectivity index (χ3v) is 4.38. The van der Waals surface area contributed by atoms with Crippen LogP contribution in [0.5, 0.6) is 0 Å². The SMILES string of the molecule is CSOC(=O)c1ccc2[nH]c(Cc3ccc(Cl)cc3C(F)(F)F)cc2c1. The number of rotatable bonds is 4. The van der Waals surface area contributed by atoms with Gasteiger partial charge in [0.15, 0.2) is 0 Å². The third kappa shape index (κ3) is 3.99. The molecule has 0 spiro atoms. The number of aromatic nitrogens is 1. The highest BCUT2D eigenvalue weighted by molar-refractivity contribution is 7.94. The van der Waals surface area contributed by atoms with E-state index < -0.39 is 17.7 Å². The minimum Gasteiger partial charge on any atom is -0.388 e. The summed E-state index contributed by atoms with van der Waals surface area (Å²) in [6.45, 7) is 0. The fourth-order valence-electron chi connectivity index (χ4n) is 2.71. The van der Waals surface area contributed by atoms with Crippen LogP contribution in [0.3, 0.4) is 0 Å². The number of hydrogen-bond acceptors (Lipinski definition) is 3. The smallest absolute Gasteiger partial charge is 0.388 e. The topological polar surface area (TPSA) is 42.1 Å². The molecule has 8 heteroatoms. The maximum absolute atomic E-state index is 13.2. The fraction of sp³-hybridized carbons (Fsp3) is 0.167. The van der Waals surface area contributed by atoms with E-state index >= 15 is 0 Å². The van der Waals surface area contributed by atoms with Crippen molar-refractivity contribution in [1.82, 2.24) is 4.98 Å². The average molecular weight is 400 g/mol. The van der Waals surface area contributed by atoms with Gasteiger partial charge in [-0.05, 0) is 42.0 Å². The van der Waals surface area contributed by atoms with Crippen molar-refractivity contribution in [3.8, 4) is 0 Å². The molecule has 0 aliphatic carbocycles. The lowest BCUT2D eigenvalue weighted by atomic mass is 10.0. The molecule has 1 aromatic heterocycles. The first kappa shape index (κ1) is 18.7. The highest BCUT2D eigenvalue weighted by Crippen LogP contribution is 2.35. The maximum Gasteiger partial charge on any atom is 0.416 e. The lowest BCUT2D eigenvalue weighted by Gasteiger charge is -2.12. The van der Waals surface area contributed by atoms with Gasteiger partial charge in [-0.25, -0.2) is 4.79 Å². The molecule has 0 aliphatic heterocycles. The van der Waals surface area contributed by atoms with Crippen LogP contribution in [0.4, 0.5) is 13.2 Å². The number of H-pyrrole nitrogens is 1. The first-order valence-corrected chi connectivity index (χ1v) is 9.03. The first-order valence-electron chi connectivity index (χ1n) is 7.50. The molecule has 0 saturated heterocycles. The van der Waals surface area contributed by atoms with Crippen molar-refractivity contribution in [2.75, 3.05) is 6.26 Å². The molecular formula is C18H13ClF3NO2S. The summed E-state index contributed by atoms with van der Waals surface area (Å²) in [6.07, 6.45) is -2.79. The molecule has 0 amide bonds. The molecule has 0 bridgehead atoms. The molecule has 26 heavy (non-hydrogen) atoms. The molecule has 3 aromatic rings. The minimum absolute atomic E-state index is 0.0367. The van der Waals surface area contributed by atoms with Gasteiger partial charge in [-0.15, -0.1) is 0 Å². The zero-order valence-corrected chi connectivity index (χ0v) is 15.1. The second-order valence-corrected chi connectivity index (χ2v) is 6.55. The quantitative estimate of drug-likeness (QED) is 0.558. The van der Waals surface area contributed by atoms with Gasteiger partial charge in [0.1, 0.15) is 0 Å².